The number of H-pyrrole nitrogens is 1. The number of methoxy groups -OCH3 is 1. The van der Waals surface area contributed by atoms with Crippen LogP contribution in [-0.2, 0) is 11.2 Å². The van der Waals surface area contributed by atoms with Gasteiger partial charge in [-0.05, 0) is 60.9 Å². The lowest BCUT2D eigenvalue weighted by atomic mass is 10.0. The molecule has 1 heterocycles. The minimum Gasteiger partial charge on any atom is -0.497 e. The third kappa shape index (κ3) is 6.84. The maximum absolute atomic E-state index is 12.4. The fraction of sp³-hybridized carbons (Fsp3) is 0.360. The van der Waals surface area contributed by atoms with E-state index in [9.17, 15) is 9.59 Å². The van der Waals surface area contributed by atoms with Gasteiger partial charge in [0.25, 0.3) is 5.91 Å². The number of amides is 2. The van der Waals surface area contributed by atoms with Gasteiger partial charge < -0.3 is 15.4 Å². The van der Waals surface area contributed by atoms with Crippen LogP contribution in [0.5, 0.6) is 5.75 Å². The number of rotatable bonds is 10. The zero-order chi connectivity index (χ0) is 23.8. The molecule has 8 nitrogen and oxygen atoms in total. The van der Waals surface area contributed by atoms with Gasteiger partial charge in [-0.15, -0.1) is 5.10 Å². The molecule has 1 fully saturated rings. The van der Waals surface area contributed by atoms with E-state index in [4.69, 9.17) is 4.74 Å². The molecule has 1 saturated carbocycles. The van der Waals surface area contributed by atoms with Crippen LogP contribution < -0.4 is 15.4 Å². The van der Waals surface area contributed by atoms with Crippen LogP contribution in [0.4, 0.5) is 11.4 Å². The molecule has 0 spiro atoms. The molecular weight excluding hydrogens is 450 g/mol. The van der Waals surface area contributed by atoms with Crippen molar-refractivity contribution in [2.45, 2.75) is 43.7 Å². The Kier molecular flexibility index (Phi) is 8.19. The highest BCUT2D eigenvalue weighted by Gasteiger charge is 2.16. The molecular formula is C25H29N5O3S. The first-order valence-corrected chi connectivity index (χ1v) is 12.5. The topological polar surface area (TPSA) is 109 Å². The van der Waals surface area contributed by atoms with Crippen LogP contribution in [0.2, 0.25) is 0 Å². The summed E-state index contributed by atoms with van der Waals surface area (Å²) in [7, 11) is 1.59. The summed E-state index contributed by atoms with van der Waals surface area (Å²) < 4.78 is 5.12. The van der Waals surface area contributed by atoms with Crippen molar-refractivity contribution < 1.29 is 14.3 Å². The van der Waals surface area contributed by atoms with E-state index in [0.29, 0.717) is 22.1 Å². The molecule has 3 aromatic rings. The van der Waals surface area contributed by atoms with Crippen LogP contribution in [-0.4, -0.2) is 39.9 Å². The molecule has 0 bridgehead atoms. The highest BCUT2D eigenvalue weighted by atomic mass is 32.2. The van der Waals surface area contributed by atoms with Crippen molar-refractivity contribution in [2.24, 2.45) is 5.92 Å². The maximum atomic E-state index is 12.4. The Labute approximate surface area is 203 Å². The molecule has 34 heavy (non-hydrogen) atoms. The summed E-state index contributed by atoms with van der Waals surface area (Å²) in [5.74, 6) is 2.24. The second kappa shape index (κ2) is 11.7. The third-order valence-corrected chi connectivity index (χ3v) is 6.73. The van der Waals surface area contributed by atoms with E-state index < -0.39 is 0 Å². The minimum absolute atomic E-state index is 0.155. The molecule has 0 atom stereocenters. The number of ether oxygens (including phenoxy) is 1. The lowest BCUT2D eigenvalue weighted by molar-refractivity contribution is -0.113. The van der Waals surface area contributed by atoms with Crippen LogP contribution in [0, 0.1) is 5.92 Å². The highest BCUT2D eigenvalue weighted by molar-refractivity contribution is 7.99. The predicted molar refractivity (Wildman–Crippen MR) is 133 cm³/mol. The zero-order valence-electron chi connectivity index (χ0n) is 19.2. The van der Waals surface area contributed by atoms with Crippen LogP contribution in [0.3, 0.4) is 0 Å². The summed E-state index contributed by atoms with van der Waals surface area (Å²) in [6.07, 6.45) is 7.39. The number of carbonyl (C=O) groups is 2. The van der Waals surface area contributed by atoms with E-state index in [1.54, 1.807) is 55.6 Å². The lowest BCUT2D eigenvalue weighted by Gasteiger charge is -2.08. The first-order chi connectivity index (χ1) is 16.6. The number of carbonyl (C=O) groups excluding carboxylic acids is 2. The Balaban J connectivity index is 1.20. The number of hydrogen-bond acceptors (Lipinski definition) is 6. The Bertz CT molecular complexity index is 1090. The SMILES string of the molecule is COc1ccc(NC(=O)c2ccc(NC(=O)CSc3n[nH]c(CCC4CCCC4)n3)cc2)cc1. The van der Waals surface area contributed by atoms with Crippen LogP contribution in [0.25, 0.3) is 0 Å². The number of hydrogen-bond donors (Lipinski definition) is 3. The highest BCUT2D eigenvalue weighted by Crippen LogP contribution is 2.28. The fourth-order valence-electron chi connectivity index (χ4n) is 4.00. The normalized spacial score (nSPS) is 13.6. The quantitative estimate of drug-likeness (QED) is 0.356. The van der Waals surface area contributed by atoms with Crippen molar-refractivity contribution >= 4 is 35.0 Å². The van der Waals surface area contributed by atoms with E-state index in [2.05, 4.69) is 25.8 Å². The predicted octanol–water partition coefficient (Wildman–Crippen LogP) is 4.92. The van der Waals surface area contributed by atoms with Gasteiger partial charge in [-0.25, -0.2) is 4.98 Å². The monoisotopic (exact) mass is 479 g/mol. The van der Waals surface area contributed by atoms with Gasteiger partial charge in [0, 0.05) is 23.4 Å². The summed E-state index contributed by atoms with van der Waals surface area (Å²) >= 11 is 1.30. The maximum Gasteiger partial charge on any atom is 0.255 e. The average Bonchev–Trinajstić information content (AvgIpc) is 3.54. The summed E-state index contributed by atoms with van der Waals surface area (Å²) in [6, 6.07) is 13.9. The summed E-state index contributed by atoms with van der Waals surface area (Å²) in [5.41, 5.74) is 1.79. The number of aryl methyl sites for hydroxylation is 1. The van der Waals surface area contributed by atoms with Gasteiger partial charge in [0.05, 0.1) is 12.9 Å². The number of thioether (sulfide) groups is 1. The molecule has 0 unspecified atom stereocenters. The molecule has 0 saturated heterocycles. The molecule has 4 rings (SSSR count). The molecule has 9 heteroatoms. The van der Waals surface area contributed by atoms with Gasteiger partial charge in [0.2, 0.25) is 11.1 Å². The Morgan fingerprint density at radius 1 is 1.03 bits per heavy atom. The zero-order valence-corrected chi connectivity index (χ0v) is 20.0. The minimum atomic E-state index is -0.230. The number of aromatic amines is 1. The molecule has 1 aliphatic carbocycles. The number of nitrogens with zero attached hydrogens (tertiary/aromatic N) is 2. The standard InChI is InChI=1S/C25H29N5O3S/c1-33-21-13-11-20(12-14-21)27-24(32)18-7-9-19(10-8-18)26-23(31)16-34-25-28-22(29-30-25)15-6-17-4-2-3-5-17/h7-14,17H,2-6,15-16H2,1H3,(H,26,31)(H,27,32)(H,28,29,30). The van der Waals surface area contributed by atoms with Crippen molar-refractivity contribution in [2.75, 3.05) is 23.5 Å². The van der Waals surface area contributed by atoms with Gasteiger partial charge in [0.1, 0.15) is 11.6 Å². The second-order valence-electron chi connectivity index (χ2n) is 8.35. The number of aromatic nitrogens is 3. The summed E-state index contributed by atoms with van der Waals surface area (Å²) in [4.78, 5) is 29.2. The van der Waals surface area contributed by atoms with Gasteiger partial charge in [-0.3, -0.25) is 14.7 Å². The molecule has 0 radical (unpaired) electrons. The van der Waals surface area contributed by atoms with E-state index in [-0.39, 0.29) is 17.6 Å². The number of benzene rings is 2. The van der Waals surface area contributed by atoms with Crippen LogP contribution >= 0.6 is 11.8 Å². The molecule has 3 N–H and O–H groups in total. The molecule has 0 aliphatic heterocycles. The Hall–Kier alpha value is -3.33. The Morgan fingerprint density at radius 3 is 2.41 bits per heavy atom. The Morgan fingerprint density at radius 2 is 1.71 bits per heavy atom. The van der Waals surface area contributed by atoms with Crippen molar-refractivity contribution in [3.8, 4) is 5.75 Å². The van der Waals surface area contributed by atoms with Crippen LogP contribution in [0.15, 0.2) is 53.7 Å². The van der Waals surface area contributed by atoms with Crippen molar-refractivity contribution in [3.05, 3.63) is 59.9 Å². The van der Waals surface area contributed by atoms with Gasteiger partial charge >= 0.3 is 0 Å². The van der Waals surface area contributed by atoms with Crippen molar-refractivity contribution in [1.82, 2.24) is 15.2 Å². The van der Waals surface area contributed by atoms with E-state index in [1.165, 1.54) is 37.4 Å². The van der Waals surface area contributed by atoms with Crippen molar-refractivity contribution in [1.29, 1.82) is 0 Å². The summed E-state index contributed by atoms with van der Waals surface area (Å²) in [6.45, 7) is 0. The molecule has 178 valence electrons. The summed E-state index contributed by atoms with van der Waals surface area (Å²) in [5, 5.41) is 13.5. The molecule has 1 aromatic heterocycles. The van der Waals surface area contributed by atoms with E-state index >= 15 is 0 Å². The second-order valence-corrected chi connectivity index (χ2v) is 9.29. The molecule has 2 aromatic carbocycles. The largest absolute Gasteiger partial charge is 0.497 e. The van der Waals surface area contributed by atoms with E-state index in [1.807, 2.05) is 0 Å². The van der Waals surface area contributed by atoms with Gasteiger partial charge in [-0.1, -0.05) is 37.4 Å². The average molecular weight is 480 g/mol. The van der Waals surface area contributed by atoms with Gasteiger partial charge in [0.15, 0.2) is 0 Å². The van der Waals surface area contributed by atoms with Crippen LogP contribution in [0.1, 0.15) is 48.3 Å². The number of anilines is 2. The molecule has 1 aliphatic rings. The van der Waals surface area contributed by atoms with E-state index in [0.717, 1.165) is 30.3 Å². The third-order valence-electron chi connectivity index (χ3n) is 5.89. The molecule has 2 amide bonds. The first-order valence-electron chi connectivity index (χ1n) is 11.5. The first kappa shape index (κ1) is 23.8. The lowest BCUT2D eigenvalue weighted by Crippen LogP contribution is -2.15. The van der Waals surface area contributed by atoms with Gasteiger partial charge in [-0.2, -0.15) is 0 Å². The fourth-order valence-corrected chi connectivity index (χ4v) is 4.62. The smallest absolute Gasteiger partial charge is 0.255 e. The van der Waals surface area contributed by atoms with Crippen molar-refractivity contribution in [3.63, 3.8) is 0 Å². The number of nitrogens with one attached hydrogen (secondary N) is 3.